The summed E-state index contributed by atoms with van der Waals surface area (Å²) in [7, 11) is 5.73. The van der Waals surface area contributed by atoms with E-state index in [2.05, 4.69) is 62.2 Å². The summed E-state index contributed by atoms with van der Waals surface area (Å²) in [6.07, 6.45) is 10.6. The lowest BCUT2D eigenvalue weighted by molar-refractivity contribution is -0.111. The third-order valence-electron chi connectivity index (χ3n) is 7.03. The maximum absolute atomic E-state index is 12.7. The van der Waals surface area contributed by atoms with E-state index in [1.165, 1.54) is 12.3 Å². The minimum atomic E-state index is -0.282. The van der Waals surface area contributed by atoms with Gasteiger partial charge in [-0.3, -0.25) is 4.79 Å². The van der Waals surface area contributed by atoms with Crippen molar-refractivity contribution in [1.29, 1.82) is 5.26 Å². The number of benzene rings is 1. The van der Waals surface area contributed by atoms with Crippen LogP contribution in [0.3, 0.4) is 0 Å². The highest BCUT2D eigenvalue weighted by molar-refractivity contribution is 6.02. The average Bonchev–Trinajstić information content (AvgIpc) is 3.64. The van der Waals surface area contributed by atoms with Gasteiger partial charge in [-0.2, -0.15) is 10.4 Å². The van der Waals surface area contributed by atoms with E-state index in [0.29, 0.717) is 40.0 Å². The third-order valence-corrected chi connectivity index (χ3v) is 7.03. The summed E-state index contributed by atoms with van der Waals surface area (Å²) in [5.41, 5.74) is 4.32. The molecule has 208 valence electrons. The monoisotopic (exact) mass is 549 g/mol. The van der Waals surface area contributed by atoms with Crippen molar-refractivity contribution in [2.24, 2.45) is 0 Å². The van der Waals surface area contributed by atoms with Crippen molar-refractivity contribution in [2.45, 2.75) is 12.5 Å². The van der Waals surface area contributed by atoms with Crippen molar-refractivity contribution in [3.05, 3.63) is 79.3 Å². The van der Waals surface area contributed by atoms with Gasteiger partial charge >= 0.3 is 0 Å². The Labute approximate surface area is 238 Å². The van der Waals surface area contributed by atoms with Gasteiger partial charge in [-0.05, 0) is 38.7 Å². The van der Waals surface area contributed by atoms with Gasteiger partial charge in [-0.25, -0.2) is 14.5 Å². The highest BCUT2D eigenvalue weighted by Crippen LogP contribution is 2.40. The first-order chi connectivity index (χ1) is 19.9. The number of nitrogens with one attached hydrogen (secondary N) is 2. The van der Waals surface area contributed by atoms with Crippen LogP contribution in [0.5, 0.6) is 5.75 Å². The van der Waals surface area contributed by atoms with E-state index in [9.17, 15) is 10.1 Å². The lowest BCUT2D eigenvalue weighted by atomic mass is 10.1. The van der Waals surface area contributed by atoms with Crippen LogP contribution >= 0.6 is 0 Å². The van der Waals surface area contributed by atoms with Crippen molar-refractivity contribution < 1.29 is 9.53 Å². The van der Waals surface area contributed by atoms with Gasteiger partial charge in [-0.15, -0.1) is 0 Å². The van der Waals surface area contributed by atoms with Crippen LogP contribution in [0.15, 0.2) is 73.7 Å². The molecule has 0 bridgehead atoms. The average molecular weight is 550 g/mol. The Hall–Kier alpha value is -5.21. The smallest absolute Gasteiger partial charge is 0.248 e. The van der Waals surface area contributed by atoms with Crippen LogP contribution in [0.4, 0.5) is 23.0 Å². The lowest BCUT2D eigenvalue weighted by Crippen LogP contribution is -2.31. The van der Waals surface area contributed by atoms with Crippen molar-refractivity contribution >= 4 is 34.4 Å². The number of carbonyl (C=O) groups excluding carboxylic acids is 1. The Morgan fingerprint density at radius 1 is 1.27 bits per heavy atom. The summed E-state index contributed by atoms with van der Waals surface area (Å²) >= 11 is 0. The SMILES string of the molecule is C=C/C=C\C(=O)Nc1cc(Nc2ncc(C#N)c(-c3cnn4ccccc34)n2)c(OC)cc1N1CC[C@@H](N(C)C)C1. The molecule has 11 nitrogen and oxygen atoms in total. The van der Waals surface area contributed by atoms with Crippen molar-refractivity contribution in [3.8, 4) is 23.1 Å². The van der Waals surface area contributed by atoms with Gasteiger partial charge in [0.15, 0.2) is 0 Å². The predicted octanol–water partition coefficient (Wildman–Crippen LogP) is 4.24. The molecule has 1 aromatic carbocycles. The van der Waals surface area contributed by atoms with Gasteiger partial charge < -0.3 is 25.2 Å². The molecule has 1 saturated heterocycles. The predicted molar refractivity (Wildman–Crippen MR) is 159 cm³/mol. The molecule has 5 rings (SSSR count). The number of hydrogen-bond donors (Lipinski definition) is 2. The highest BCUT2D eigenvalue weighted by Gasteiger charge is 2.27. The van der Waals surface area contributed by atoms with Crippen LogP contribution in [-0.2, 0) is 4.79 Å². The molecule has 0 unspecified atom stereocenters. The number of methoxy groups -OCH3 is 1. The molecule has 41 heavy (non-hydrogen) atoms. The van der Waals surface area contributed by atoms with Gasteiger partial charge in [0.25, 0.3) is 0 Å². The normalized spacial score (nSPS) is 14.9. The largest absolute Gasteiger partial charge is 0.494 e. The molecule has 0 radical (unpaired) electrons. The van der Waals surface area contributed by atoms with Gasteiger partial charge in [0.05, 0.1) is 53.3 Å². The number of pyridine rings is 1. The Balaban J connectivity index is 1.54. The number of hydrogen-bond acceptors (Lipinski definition) is 9. The molecular weight excluding hydrogens is 518 g/mol. The second-order valence-corrected chi connectivity index (χ2v) is 9.79. The number of amides is 1. The van der Waals surface area contributed by atoms with Crippen molar-refractivity contribution in [2.75, 3.05) is 49.8 Å². The van der Waals surface area contributed by atoms with E-state index < -0.39 is 0 Å². The standard InChI is InChI=1S/C30H31N9O2/c1-5-6-10-28(40)34-23-14-24(27(41-4)15-26(23)38-13-11-21(19-38)37(2)3)35-30-32-17-20(16-31)29(36-30)22-18-33-39-12-8-7-9-25(22)39/h5-10,12,14-15,17-18,21H,1,11,13,19H2,2-4H3,(H,34,40)(H,32,35,36)/b10-6-/t21-/m1/s1. The number of anilines is 4. The molecule has 11 heteroatoms. The van der Waals surface area contributed by atoms with E-state index in [1.54, 1.807) is 30.0 Å². The lowest BCUT2D eigenvalue weighted by Gasteiger charge is -2.25. The molecular formula is C30H31N9O2. The number of allylic oxidation sites excluding steroid dienone is 2. The van der Waals surface area contributed by atoms with Crippen molar-refractivity contribution in [3.63, 3.8) is 0 Å². The molecule has 3 aromatic heterocycles. The van der Waals surface area contributed by atoms with Crippen LogP contribution in [-0.4, -0.2) is 70.7 Å². The Kier molecular flexibility index (Phi) is 7.94. The number of carbonyl (C=O) groups is 1. The number of fused-ring (bicyclic) bond motifs is 1. The third kappa shape index (κ3) is 5.73. The van der Waals surface area contributed by atoms with Gasteiger partial charge in [0, 0.05) is 43.0 Å². The number of likely N-dealkylation sites (N-methyl/N-ethyl adjacent to an activating group) is 1. The molecule has 1 aliphatic heterocycles. The summed E-state index contributed by atoms with van der Waals surface area (Å²) < 4.78 is 7.49. The maximum Gasteiger partial charge on any atom is 0.248 e. The topological polar surface area (TPSA) is 124 Å². The summed E-state index contributed by atoms with van der Waals surface area (Å²) in [4.78, 5) is 26.2. The number of aromatic nitrogens is 4. The molecule has 1 amide bonds. The summed E-state index contributed by atoms with van der Waals surface area (Å²) in [6, 6.07) is 12.0. The number of nitrogens with zero attached hydrogens (tertiary/aromatic N) is 7. The fourth-order valence-corrected chi connectivity index (χ4v) is 4.88. The molecule has 4 aromatic rings. The first-order valence-corrected chi connectivity index (χ1v) is 13.1. The van der Waals surface area contributed by atoms with Crippen LogP contribution in [0.2, 0.25) is 0 Å². The van der Waals surface area contributed by atoms with Crippen molar-refractivity contribution in [1.82, 2.24) is 24.5 Å². The summed E-state index contributed by atoms with van der Waals surface area (Å²) in [6.45, 7) is 5.29. The first-order valence-electron chi connectivity index (χ1n) is 13.1. The van der Waals surface area contributed by atoms with Crippen LogP contribution < -0.4 is 20.3 Å². The number of nitriles is 1. The zero-order valence-electron chi connectivity index (χ0n) is 23.2. The van der Waals surface area contributed by atoms with Gasteiger partial charge in [-0.1, -0.05) is 24.8 Å². The Bertz CT molecular complexity index is 1670. The molecule has 1 aliphatic rings. The van der Waals surface area contributed by atoms with Gasteiger partial charge in [0.1, 0.15) is 11.8 Å². The fraction of sp³-hybridized carbons (Fsp3) is 0.233. The minimum absolute atomic E-state index is 0.262. The quantitative estimate of drug-likeness (QED) is 0.233. The molecule has 0 aliphatic carbocycles. The minimum Gasteiger partial charge on any atom is -0.494 e. The van der Waals surface area contributed by atoms with E-state index in [4.69, 9.17) is 4.74 Å². The van der Waals surface area contributed by atoms with Crippen LogP contribution in [0, 0.1) is 11.3 Å². The molecule has 4 heterocycles. The zero-order valence-corrected chi connectivity index (χ0v) is 23.2. The van der Waals surface area contributed by atoms with Crippen LogP contribution in [0.1, 0.15) is 12.0 Å². The van der Waals surface area contributed by atoms with E-state index in [0.717, 1.165) is 30.7 Å². The highest BCUT2D eigenvalue weighted by atomic mass is 16.5. The molecule has 1 atom stereocenters. The maximum atomic E-state index is 12.7. The summed E-state index contributed by atoms with van der Waals surface area (Å²) in [5, 5.41) is 20.4. The molecule has 0 spiro atoms. The van der Waals surface area contributed by atoms with E-state index in [-0.39, 0.29) is 11.9 Å². The number of ether oxygens (including phenoxy) is 1. The second kappa shape index (κ2) is 11.9. The summed E-state index contributed by atoms with van der Waals surface area (Å²) in [5.74, 6) is 0.534. The Morgan fingerprint density at radius 2 is 2.12 bits per heavy atom. The molecule has 1 fully saturated rings. The first kappa shape index (κ1) is 27.4. The zero-order chi connectivity index (χ0) is 28.9. The van der Waals surface area contributed by atoms with Crippen LogP contribution in [0.25, 0.3) is 16.8 Å². The van der Waals surface area contributed by atoms with E-state index >= 15 is 0 Å². The molecule has 0 saturated carbocycles. The number of rotatable bonds is 9. The fourth-order valence-electron chi connectivity index (χ4n) is 4.88. The second-order valence-electron chi connectivity index (χ2n) is 9.79. The van der Waals surface area contributed by atoms with E-state index in [1.807, 2.05) is 36.5 Å². The van der Waals surface area contributed by atoms with Gasteiger partial charge in [0.2, 0.25) is 11.9 Å². The molecule has 2 N–H and O–H groups in total. The Morgan fingerprint density at radius 3 is 2.85 bits per heavy atom.